The summed E-state index contributed by atoms with van der Waals surface area (Å²) in [6, 6.07) is 6.67. The van der Waals surface area contributed by atoms with Gasteiger partial charge in [-0.2, -0.15) is 8.61 Å². The molecule has 16 nitrogen and oxygen atoms in total. The van der Waals surface area contributed by atoms with Crippen LogP contribution in [0.5, 0.6) is 0 Å². The number of nitrogens with two attached hydrogens (primary N) is 2. The van der Waals surface area contributed by atoms with Crippen molar-refractivity contribution < 1.29 is 36.3 Å². The minimum atomic E-state index is -3.12. The number of carboxylic acid groups (broad SMARTS) is 1. The summed E-state index contributed by atoms with van der Waals surface area (Å²) in [7, 11) is -6.24. The molecule has 0 aliphatic carbocycles. The SMILES string of the molecule is CS(=O)(=O)N1CCN(c2ccc(C(N)=O)nc2)CC1.CS(=O)(=O)N1CCN(c2ccc(C(N)=O)nc2)CC1.O=CO. The normalized spacial score (nSPS) is 16.4. The number of hydrogen-bond donors (Lipinski definition) is 3. The van der Waals surface area contributed by atoms with Gasteiger partial charge >= 0.3 is 0 Å². The highest BCUT2D eigenvalue weighted by Crippen LogP contribution is 2.17. The zero-order valence-electron chi connectivity index (χ0n) is 22.7. The van der Waals surface area contributed by atoms with Gasteiger partial charge in [0.1, 0.15) is 11.4 Å². The highest BCUT2D eigenvalue weighted by molar-refractivity contribution is 7.88. The standard InChI is InChI=1S/2C11H16N4O3S.CH2O2/c2*1-19(17,18)15-6-4-14(5-7-15)9-2-3-10(11(12)16)13-8-9;2-1-3/h2*2-3,8H,4-7H2,1H3,(H2,12,16);1H,(H,2,3). The molecule has 0 bridgehead atoms. The van der Waals surface area contributed by atoms with E-state index in [0.29, 0.717) is 52.4 Å². The van der Waals surface area contributed by atoms with Gasteiger partial charge in [-0.25, -0.2) is 26.8 Å². The lowest BCUT2D eigenvalue weighted by molar-refractivity contribution is -0.122. The van der Waals surface area contributed by atoms with Crippen LogP contribution < -0.4 is 21.3 Å². The van der Waals surface area contributed by atoms with Crippen LogP contribution in [0.15, 0.2) is 36.7 Å². The van der Waals surface area contributed by atoms with E-state index < -0.39 is 31.9 Å². The van der Waals surface area contributed by atoms with E-state index in [2.05, 4.69) is 9.97 Å². The summed E-state index contributed by atoms with van der Waals surface area (Å²) >= 11 is 0. The van der Waals surface area contributed by atoms with Crippen LogP contribution in [0.4, 0.5) is 11.4 Å². The molecule has 2 saturated heterocycles. The van der Waals surface area contributed by atoms with Gasteiger partial charge in [-0.15, -0.1) is 0 Å². The summed E-state index contributed by atoms with van der Waals surface area (Å²) in [6.07, 6.45) is 5.59. The van der Waals surface area contributed by atoms with Crippen molar-refractivity contribution in [1.29, 1.82) is 0 Å². The maximum atomic E-state index is 11.4. The topological polar surface area (TPSA) is 231 Å². The van der Waals surface area contributed by atoms with Crippen molar-refractivity contribution in [2.45, 2.75) is 0 Å². The molecule has 2 amide bonds. The van der Waals surface area contributed by atoms with Gasteiger partial charge in [-0.1, -0.05) is 0 Å². The third-order valence-electron chi connectivity index (χ3n) is 6.15. The van der Waals surface area contributed by atoms with Gasteiger partial charge in [0.15, 0.2) is 0 Å². The first-order valence-corrected chi connectivity index (χ1v) is 15.9. The van der Waals surface area contributed by atoms with Crippen LogP contribution in [0.25, 0.3) is 0 Å². The molecule has 0 saturated carbocycles. The van der Waals surface area contributed by atoms with Crippen LogP contribution in [-0.4, -0.2) is 124 Å². The number of rotatable bonds is 6. The van der Waals surface area contributed by atoms with E-state index in [1.54, 1.807) is 36.7 Å². The lowest BCUT2D eigenvalue weighted by Crippen LogP contribution is -2.48. The predicted molar refractivity (Wildman–Crippen MR) is 151 cm³/mol. The Labute approximate surface area is 238 Å². The van der Waals surface area contributed by atoms with E-state index in [1.807, 2.05) is 9.80 Å². The van der Waals surface area contributed by atoms with Gasteiger partial charge < -0.3 is 26.4 Å². The van der Waals surface area contributed by atoms with Crippen molar-refractivity contribution >= 4 is 49.7 Å². The second-order valence-corrected chi connectivity index (χ2v) is 12.9. The monoisotopic (exact) mass is 614 g/mol. The minimum absolute atomic E-state index is 0.221. The van der Waals surface area contributed by atoms with Crippen LogP contribution in [0.1, 0.15) is 21.0 Å². The molecule has 226 valence electrons. The zero-order valence-corrected chi connectivity index (χ0v) is 24.3. The lowest BCUT2D eigenvalue weighted by atomic mass is 10.2. The van der Waals surface area contributed by atoms with Crippen LogP contribution >= 0.6 is 0 Å². The number of carbonyl (C=O) groups is 3. The molecule has 18 heteroatoms. The molecule has 0 aromatic carbocycles. The number of sulfonamides is 2. The fourth-order valence-corrected chi connectivity index (χ4v) is 5.65. The summed E-state index contributed by atoms with van der Waals surface area (Å²) in [4.78, 5) is 42.2. The average molecular weight is 615 g/mol. The smallest absolute Gasteiger partial charge is 0.290 e. The second kappa shape index (κ2) is 14.7. The Hall–Kier alpha value is -3.87. The molecule has 2 aromatic rings. The van der Waals surface area contributed by atoms with Crippen molar-refractivity contribution in [3.8, 4) is 0 Å². The summed E-state index contributed by atoms with van der Waals surface area (Å²) in [5.74, 6) is -1.12. The maximum absolute atomic E-state index is 11.4. The van der Waals surface area contributed by atoms with E-state index in [9.17, 15) is 26.4 Å². The van der Waals surface area contributed by atoms with Crippen LogP contribution in [0.3, 0.4) is 0 Å². The molecule has 0 atom stereocenters. The fraction of sp³-hybridized carbons (Fsp3) is 0.435. The van der Waals surface area contributed by atoms with Crippen molar-refractivity contribution in [1.82, 2.24) is 18.6 Å². The molecule has 4 rings (SSSR count). The van der Waals surface area contributed by atoms with Gasteiger partial charge in [0, 0.05) is 52.4 Å². The van der Waals surface area contributed by atoms with Crippen molar-refractivity contribution in [2.75, 3.05) is 74.7 Å². The van der Waals surface area contributed by atoms with Crippen LogP contribution in [0.2, 0.25) is 0 Å². The van der Waals surface area contributed by atoms with Gasteiger partial charge in [-0.05, 0) is 24.3 Å². The highest BCUT2D eigenvalue weighted by atomic mass is 32.2. The number of hydrogen-bond acceptors (Lipinski definition) is 11. The number of amides is 2. The van der Waals surface area contributed by atoms with Crippen molar-refractivity contribution in [3.63, 3.8) is 0 Å². The summed E-state index contributed by atoms with van der Waals surface area (Å²) in [5, 5.41) is 6.89. The molecule has 4 heterocycles. The first-order chi connectivity index (χ1) is 19.2. The Morgan fingerprint density at radius 1 is 0.707 bits per heavy atom. The Kier molecular flexibility index (Phi) is 11.9. The quantitative estimate of drug-likeness (QED) is 0.307. The van der Waals surface area contributed by atoms with E-state index >= 15 is 0 Å². The summed E-state index contributed by atoms with van der Waals surface area (Å²) in [5.41, 5.74) is 12.4. The van der Waals surface area contributed by atoms with Gasteiger partial charge in [-0.3, -0.25) is 14.4 Å². The van der Waals surface area contributed by atoms with Crippen LogP contribution in [0, 0.1) is 0 Å². The molecular formula is C23H34N8O8S2. The molecule has 0 spiro atoms. The molecule has 0 unspecified atom stereocenters. The largest absolute Gasteiger partial charge is 0.483 e. The molecule has 41 heavy (non-hydrogen) atoms. The molecule has 0 radical (unpaired) electrons. The Morgan fingerprint density at radius 2 is 1.00 bits per heavy atom. The molecule has 5 N–H and O–H groups in total. The van der Waals surface area contributed by atoms with E-state index in [1.165, 1.54) is 21.1 Å². The van der Waals surface area contributed by atoms with Crippen LogP contribution in [-0.2, 0) is 24.8 Å². The van der Waals surface area contributed by atoms with Crippen molar-refractivity contribution in [3.05, 3.63) is 48.0 Å². The Morgan fingerprint density at radius 3 is 1.20 bits per heavy atom. The first kappa shape index (κ1) is 33.3. The number of anilines is 2. The fourth-order valence-electron chi connectivity index (χ4n) is 3.99. The van der Waals surface area contributed by atoms with Gasteiger partial charge in [0.05, 0.1) is 36.3 Å². The number of aromatic nitrogens is 2. The number of carbonyl (C=O) groups excluding carboxylic acids is 2. The number of piperazine rings is 2. The Bertz CT molecular complexity index is 1280. The number of nitrogens with zero attached hydrogens (tertiary/aromatic N) is 6. The molecule has 2 aromatic heterocycles. The third-order valence-corrected chi connectivity index (χ3v) is 8.75. The van der Waals surface area contributed by atoms with Crippen molar-refractivity contribution in [2.24, 2.45) is 11.5 Å². The Balaban J connectivity index is 0.000000262. The average Bonchev–Trinajstić information content (AvgIpc) is 2.93. The molecular weight excluding hydrogens is 580 g/mol. The summed E-state index contributed by atoms with van der Waals surface area (Å²) in [6.45, 7) is 3.98. The number of pyridine rings is 2. The molecule has 2 aliphatic rings. The summed E-state index contributed by atoms with van der Waals surface area (Å²) < 4.78 is 48.5. The molecule has 2 aliphatic heterocycles. The van der Waals surface area contributed by atoms with E-state index in [-0.39, 0.29) is 17.9 Å². The maximum Gasteiger partial charge on any atom is 0.290 e. The third kappa shape index (κ3) is 10.2. The van der Waals surface area contributed by atoms with E-state index in [0.717, 1.165) is 11.4 Å². The first-order valence-electron chi connectivity index (χ1n) is 12.2. The minimum Gasteiger partial charge on any atom is -0.483 e. The van der Waals surface area contributed by atoms with Gasteiger partial charge in [0.2, 0.25) is 20.0 Å². The van der Waals surface area contributed by atoms with E-state index in [4.69, 9.17) is 21.4 Å². The second-order valence-electron chi connectivity index (χ2n) is 8.94. The lowest BCUT2D eigenvalue weighted by Gasteiger charge is -2.34. The molecule has 2 fully saturated rings. The van der Waals surface area contributed by atoms with Gasteiger partial charge in [0.25, 0.3) is 18.3 Å². The highest BCUT2D eigenvalue weighted by Gasteiger charge is 2.24. The number of primary amides is 2. The zero-order chi connectivity index (χ0) is 30.8. The predicted octanol–water partition coefficient (Wildman–Crippen LogP) is -1.77.